The summed E-state index contributed by atoms with van der Waals surface area (Å²) in [5, 5.41) is 0. The Labute approximate surface area is 165 Å². The molecule has 1 atom stereocenters. The van der Waals surface area contributed by atoms with Gasteiger partial charge in [0.25, 0.3) is 5.91 Å². The summed E-state index contributed by atoms with van der Waals surface area (Å²) in [6, 6.07) is 11.8. The zero-order valence-corrected chi connectivity index (χ0v) is 16.6. The first-order chi connectivity index (χ1) is 13.2. The minimum atomic E-state index is -1.23. The van der Waals surface area contributed by atoms with Crippen LogP contribution in [0.4, 0.5) is 0 Å². The van der Waals surface area contributed by atoms with Crippen molar-refractivity contribution in [3.05, 3.63) is 54.4 Å². The Bertz CT molecular complexity index is 861. The molecule has 2 amide bonds. The molecule has 2 N–H and O–H groups in total. The van der Waals surface area contributed by atoms with Crippen LogP contribution in [0.2, 0.25) is 0 Å². The van der Waals surface area contributed by atoms with Crippen molar-refractivity contribution in [3.8, 4) is 11.1 Å². The van der Waals surface area contributed by atoms with Crippen LogP contribution in [0.3, 0.4) is 0 Å². The summed E-state index contributed by atoms with van der Waals surface area (Å²) in [5.74, 6) is -0.555. The van der Waals surface area contributed by atoms with Gasteiger partial charge in [0.05, 0.1) is 13.2 Å². The van der Waals surface area contributed by atoms with Crippen LogP contribution < -0.4 is 5.73 Å². The zero-order chi connectivity index (χ0) is 20.4. The van der Waals surface area contributed by atoms with Gasteiger partial charge < -0.3 is 15.4 Å². The number of ether oxygens (including phenoxy) is 1. The molecule has 1 aromatic carbocycles. The van der Waals surface area contributed by atoms with E-state index in [2.05, 4.69) is 4.98 Å². The van der Waals surface area contributed by atoms with Gasteiger partial charge in [-0.3, -0.25) is 14.6 Å². The topological polar surface area (TPSA) is 85.5 Å². The van der Waals surface area contributed by atoms with Gasteiger partial charge in [0.2, 0.25) is 5.91 Å². The number of rotatable bonds is 4. The summed E-state index contributed by atoms with van der Waals surface area (Å²) in [7, 11) is 0. The molecule has 0 bridgehead atoms. The van der Waals surface area contributed by atoms with Gasteiger partial charge in [-0.2, -0.15) is 0 Å². The minimum absolute atomic E-state index is 0.00744. The highest BCUT2D eigenvalue weighted by atomic mass is 16.5. The third kappa shape index (κ3) is 4.22. The van der Waals surface area contributed by atoms with E-state index in [0.29, 0.717) is 13.0 Å². The molecule has 6 heteroatoms. The van der Waals surface area contributed by atoms with Crippen LogP contribution in [0.25, 0.3) is 11.1 Å². The quantitative estimate of drug-likeness (QED) is 0.881. The zero-order valence-electron chi connectivity index (χ0n) is 16.6. The lowest BCUT2D eigenvalue weighted by Gasteiger charge is -2.42. The molecule has 2 heterocycles. The third-order valence-corrected chi connectivity index (χ3v) is 4.99. The average Bonchev–Trinajstić information content (AvgIpc) is 2.67. The number of pyridine rings is 1. The van der Waals surface area contributed by atoms with Crippen LogP contribution in [0.1, 0.15) is 26.3 Å². The van der Waals surface area contributed by atoms with Gasteiger partial charge in [0.15, 0.2) is 5.60 Å². The molecular formula is C22H27N3O3. The Morgan fingerprint density at radius 2 is 1.89 bits per heavy atom. The summed E-state index contributed by atoms with van der Waals surface area (Å²) in [6.07, 6.45) is 3.80. The van der Waals surface area contributed by atoms with Crippen LogP contribution in [-0.2, 0) is 20.7 Å². The fourth-order valence-corrected chi connectivity index (χ4v) is 3.51. The van der Waals surface area contributed by atoms with Crippen molar-refractivity contribution in [2.24, 2.45) is 11.1 Å². The second-order valence-electron chi connectivity index (χ2n) is 8.30. The number of carbonyl (C=O) groups is 2. The molecule has 0 radical (unpaired) electrons. The first-order valence-electron chi connectivity index (χ1n) is 9.44. The van der Waals surface area contributed by atoms with Gasteiger partial charge in [-0.15, -0.1) is 0 Å². The first kappa shape index (κ1) is 20.0. The highest BCUT2D eigenvalue weighted by Crippen LogP contribution is 2.28. The molecule has 0 saturated carbocycles. The average molecular weight is 381 g/mol. The lowest BCUT2D eigenvalue weighted by molar-refractivity contribution is -0.167. The summed E-state index contributed by atoms with van der Waals surface area (Å²) >= 11 is 0. The van der Waals surface area contributed by atoms with E-state index in [1.807, 2.05) is 57.2 Å². The van der Waals surface area contributed by atoms with E-state index < -0.39 is 16.9 Å². The first-order valence-corrected chi connectivity index (χ1v) is 9.44. The van der Waals surface area contributed by atoms with E-state index in [1.165, 1.54) is 0 Å². The summed E-state index contributed by atoms with van der Waals surface area (Å²) in [5.41, 5.74) is 7.00. The van der Waals surface area contributed by atoms with Gasteiger partial charge in [0, 0.05) is 30.8 Å². The van der Waals surface area contributed by atoms with Gasteiger partial charge >= 0.3 is 0 Å². The molecule has 0 aliphatic carbocycles. The van der Waals surface area contributed by atoms with Gasteiger partial charge in [-0.1, -0.05) is 45.0 Å². The van der Waals surface area contributed by atoms with Crippen LogP contribution in [-0.4, -0.2) is 47.0 Å². The van der Waals surface area contributed by atoms with Crippen molar-refractivity contribution in [1.82, 2.24) is 9.88 Å². The number of nitrogens with two attached hydrogens (primary N) is 1. The lowest BCUT2D eigenvalue weighted by atomic mass is 9.88. The number of aromatic nitrogens is 1. The maximum Gasteiger partial charge on any atom is 0.251 e. The summed E-state index contributed by atoms with van der Waals surface area (Å²) < 4.78 is 5.89. The Kier molecular flexibility index (Phi) is 5.52. The number of morpholine rings is 1. The number of hydrogen-bond acceptors (Lipinski definition) is 4. The molecule has 28 heavy (non-hydrogen) atoms. The molecule has 6 nitrogen and oxygen atoms in total. The number of benzene rings is 1. The molecule has 1 aliphatic rings. The van der Waals surface area contributed by atoms with Gasteiger partial charge in [-0.25, -0.2) is 0 Å². The van der Waals surface area contributed by atoms with Crippen LogP contribution in [0.5, 0.6) is 0 Å². The second kappa shape index (κ2) is 7.72. The third-order valence-electron chi connectivity index (χ3n) is 4.99. The lowest BCUT2D eigenvalue weighted by Crippen LogP contribution is -2.62. The monoisotopic (exact) mass is 381 g/mol. The van der Waals surface area contributed by atoms with E-state index >= 15 is 0 Å². The smallest absolute Gasteiger partial charge is 0.251 e. The predicted molar refractivity (Wildman–Crippen MR) is 107 cm³/mol. The number of hydrogen-bond donors (Lipinski definition) is 1. The normalized spacial score (nSPS) is 20.0. The van der Waals surface area contributed by atoms with E-state index in [1.54, 1.807) is 17.3 Å². The molecule has 1 fully saturated rings. The van der Waals surface area contributed by atoms with Crippen LogP contribution in [0, 0.1) is 5.41 Å². The maximum absolute atomic E-state index is 12.7. The number of nitrogens with zero attached hydrogens (tertiary/aromatic N) is 2. The van der Waals surface area contributed by atoms with E-state index in [-0.39, 0.29) is 19.1 Å². The fourth-order valence-electron chi connectivity index (χ4n) is 3.51. The van der Waals surface area contributed by atoms with Crippen molar-refractivity contribution in [1.29, 1.82) is 0 Å². The van der Waals surface area contributed by atoms with Crippen molar-refractivity contribution in [2.45, 2.75) is 32.8 Å². The van der Waals surface area contributed by atoms with Crippen molar-refractivity contribution in [3.63, 3.8) is 0 Å². The van der Waals surface area contributed by atoms with Crippen LogP contribution >= 0.6 is 0 Å². The second-order valence-corrected chi connectivity index (χ2v) is 8.30. The highest BCUT2D eigenvalue weighted by Gasteiger charge is 2.45. The maximum atomic E-state index is 12.7. The molecule has 1 aromatic heterocycles. The molecule has 1 aliphatic heterocycles. The van der Waals surface area contributed by atoms with E-state index in [0.717, 1.165) is 16.7 Å². The Morgan fingerprint density at radius 3 is 2.54 bits per heavy atom. The summed E-state index contributed by atoms with van der Waals surface area (Å²) in [4.78, 5) is 30.9. The SMILES string of the molecule is CC(C)(C)C(=O)N1CCO[C@@](Cc2cccc(-c3ccncc3)c2)(C(N)=O)C1. The molecule has 1 saturated heterocycles. The summed E-state index contributed by atoms with van der Waals surface area (Å²) in [6.45, 7) is 6.52. The van der Waals surface area contributed by atoms with E-state index in [9.17, 15) is 9.59 Å². The van der Waals surface area contributed by atoms with Crippen LogP contribution in [0.15, 0.2) is 48.8 Å². The molecule has 3 rings (SSSR count). The van der Waals surface area contributed by atoms with Crippen molar-refractivity contribution < 1.29 is 14.3 Å². The predicted octanol–water partition coefficient (Wildman–Crippen LogP) is 2.42. The Balaban J connectivity index is 1.87. The highest BCUT2D eigenvalue weighted by molar-refractivity contribution is 5.87. The molecule has 0 spiro atoms. The minimum Gasteiger partial charge on any atom is -0.367 e. The molecule has 148 valence electrons. The number of primary amides is 1. The Hall–Kier alpha value is -2.73. The van der Waals surface area contributed by atoms with Gasteiger partial charge in [-0.05, 0) is 28.8 Å². The number of carbonyl (C=O) groups excluding carboxylic acids is 2. The largest absolute Gasteiger partial charge is 0.367 e. The van der Waals surface area contributed by atoms with Gasteiger partial charge in [0.1, 0.15) is 0 Å². The van der Waals surface area contributed by atoms with Crippen molar-refractivity contribution in [2.75, 3.05) is 19.7 Å². The fraction of sp³-hybridized carbons (Fsp3) is 0.409. The standard InChI is InChI=1S/C22H27N3O3/c1-21(2,3)20(27)25-11-12-28-22(15-25,19(23)26)14-16-5-4-6-18(13-16)17-7-9-24-10-8-17/h4-10,13H,11-12,14-15H2,1-3H3,(H2,23,26)/t22-/m1/s1. The number of amides is 2. The van der Waals surface area contributed by atoms with Crippen molar-refractivity contribution >= 4 is 11.8 Å². The molecular weight excluding hydrogens is 354 g/mol. The molecule has 2 aromatic rings. The Morgan fingerprint density at radius 1 is 1.18 bits per heavy atom. The molecule has 0 unspecified atom stereocenters. The van der Waals surface area contributed by atoms with E-state index in [4.69, 9.17) is 10.5 Å².